The van der Waals surface area contributed by atoms with Crippen molar-refractivity contribution in [3.05, 3.63) is 47.3 Å². The van der Waals surface area contributed by atoms with Crippen LogP contribution in [0, 0.1) is 5.82 Å². The van der Waals surface area contributed by atoms with Crippen molar-refractivity contribution in [2.24, 2.45) is 0 Å². The Labute approximate surface area is 100 Å². The molecule has 0 heterocycles. The maximum absolute atomic E-state index is 12.7. The number of aliphatic carboxylic acids is 1. The molecule has 0 unspecified atom stereocenters. The van der Waals surface area contributed by atoms with Gasteiger partial charge < -0.3 is 5.11 Å². The van der Waals surface area contributed by atoms with Crippen LogP contribution < -0.4 is 0 Å². The standard InChI is InChI=1S/C13H16FNO2/c1-10(7-13(16)17)8-15(2)9-11-3-5-12(14)6-4-11/h3-7H,8-9H2,1-2H3,(H,16,17)/b10-7+. The van der Waals surface area contributed by atoms with Gasteiger partial charge in [0.05, 0.1) is 0 Å². The molecule has 0 fully saturated rings. The highest BCUT2D eigenvalue weighted by molar-refractivity contribution is 5.80. The highest BCUT2D eigenvalue weighted by atomic mass is 19.1. The summed E-state index contributed by atoms with van der Waals surface area (Å²) in [6.45, 7) is 3.00. The second kappa shape index (κ2) is 6.15. The van der Waals surface area contributed by atoms with Gasteiger partial charge in [0, 0.05) is 19.2 Å². The van der Waals surface area contributed by atoms with E-state index in [0.717, 1.165) is 11.1 Å². The van der Waals surface area contributed by atoms with Crippen LogP contribution in [0.2, 0.25) is 0 Å². The van der Waals surface area contributed by atoms with E-state index in [1.807, 2.05) is 11.9 Å². The molecule has 0 aliphatic carbocycles. The lowest BCUT2D eigenvalue weighted by molar-refractivity contribution is -0.131. The lowest BCUT2D eigenvalue weighted by Crippen LogP contribution is -2.20. The van der Waals surface area contributed by atoms with Crippen LogP contribution in [0.1, 0.15) is 12.5 Å². The van der Waals surface area contributed by atoms with E-state index in [4.69, 9.17) is 5.11 Å². The number of likely N-dealkylation sites (N-methyl/N-ethyl adjacent to an activating group) is 1. The summed E-state index contributed by atoms with van der Waals surface area (Å²) in [5, 5.41) is 8.58. The summed E-state index contributed by atoms with van der Waals surface area (Å²) in [7, 11) is 1.89. The molecule has 0 atom stereocenters. The molecule has 0 spiro atoms. The zero-order valence-corrected chi connectivity index (χ0v) is 9.98. The van der Waals surface area contributed by atoms with Crippen LogP contribution >= 0.6 is 0 Å². The summed E-state index contributed by atoms with van der Waals surface area (Å²) in [6, 6.07) is 6.29. The molecule has 3 nitrogen and oxygen atoms in total. The fraction of sp³-hybridized carbons (Fsp3) is 0.308. The van der Waals surface area contributed by atoms with Gasteiger partial charge in [0.1, 0.15) is 5.82 Å². The Morgan fingerprint density at radius 3 is 2.53 bits per heavy atom. The molecule has 1 rings (SSSR count). The third kappa shape index (κ3) is 5.26. The van der Waals surface area contributed by atoms with Crippen LogP contribution in [-0.2, 0) is 11.3 Å². The Morgan fingerprint density at radius 1 is 1.41 bits per heavy atom. The number of hydrogen-bond acceptors (Lipinski definition) is 2. The number of carboxylic acids is 1. The third-order valence-corrected chi connectivity index (χ3v) is 2.25. The van der Waals surface area contributed by atoms with Crippen molar-refractivity contribution in [3.63, 3.8) is 0 Å². The van der Waals surface area contributed by atoms with E-state index < -0.39 is 5.97 Å². The molecular formula is C13H16FNO2. The van der Waals surface area contributed by atoms with Gasteiger partial charge in [-0.3, -0.25) is 4.90 Å². The van der Waals surface area contributed by atoms with Gasteiger partial charge in [-0.2, -0.15) is 0 Å². The fourth-order valence-corrected chi connectivity index (χ4v) is 1.64. The molecule has 0 saturated carbocycles. The molecule has 0 radical (unpaired) electrons. The Balaban J connectivity index is 2.52. The average Bonchev–Trinajstić information content (AvgIpc) is 2.19. The quantitative estimate of drug-likeness (QED) is 0.799. The minimum atomic E-state index is -0.933. The van der Waals surface area contributed by atoms with Gasteiger partial charge in [-0.25, -0.2) is 9.18 Å². The van der Waals surface area contributed by atoms with Gasteiger partial charge in [0.15, 0.2) is 0 Å². The van der Waals surface area contributed by atoms with Crippen molar-refractivity contribution >= 4 is 5.97 Å². The van der Waals surface area contributed by atoms with E-state index in [1.165, 1.54) is 18.2 Å². The third-order valence-electron chi connectivity index (χ3n) is 2.25. The van der Waals surface area contributed by atoms with Crippen LogP contribution in [0.4, 0.5) is 4.39 Å². The first-order valence-electron chi connectivity index (χ1n) is 5.30. The van der Waals surface area contributed by atoms with Gasteiger partial charge in [-0.05, 0) is 31.7 Å². The minimum Gasteiger partial charge on any atom is -0.478 e. The van der Waals surface area contributed by atoms with Crippen LogP contribution in [-0.4, -0.2) is 29.6 Å². The Hall–Kier alpha value is -1.68. The summed E-state index contributed by atoms with van der Waals surface area (Å²) in [6.07, 6.45) is 1.20. The largest absolute Gasteiger partial charge is 0.478 e. The van der Waals surface area contributed by atoms with E-state index in [1.54, 1.807) is 19.1 Å². The van der Waals surface area contributed by atoms with Gasteiger partial charge in [0.25, 0.3) is 0 Å². The highest BCUT2D eigenvalue weighted by Crippen LogP contribution is 2.07. The number of hydrogen-bond donors (Lipinski definition) is 1. The monoisotopic (exact) mass is 237 g/mol. The summed E-state index contributed by atoms with van der Waals surface area (Å²) in [5.74, 6) is -1.18. The van der Waals surface area contributed by atoms with Crippen LogP contribution in [0.5, 0.6) is 0 Å². The topological polar surface area (TPSA) is 40.5 Å². The van der Waals surface area contributed by atoms with Gasteiger partial charge >= 0.3 is 5.97 Å². The minimum absolute atomic E-state index is 0.252. The summed E-state index contributed by atoms with van der Waals surface area (Å²) >= 11 is 0. The number of rotatable bonds is 5. The zero-order chi connectivity index (χ0) is 12.8. The number of halogens is 1. The fourth-order valence-electron chi connectivity index (χ4n) is 1.64. The van der Waals surface area contributed by atoms with Gasteiger partial charge in [0.2, 0.25) is 0 Å². The van der Waals surface area contributed by atoms with Crippen molar-refractivity contribution in [3.8, 4) is 0 Å². The molecule has 0 bridgehead atoms. The molecule has 92 valence electrons. The first-order valence-corrected chi connectivity index (χ1v) is 5.30. The maximum Gasteiger partial charge on any atom is 0.328 e. The molecule has 0 amide bonds. The highest BCUT2D eigenvalue weighted by Gasteiger charge is 2.02. The van der Waals surface area contributed by atoms with Gasteiger partial charge in [-0.1, -0.05) is 17.7 Å². The second-order valence-electron chi connectivity index (χ2n) is 4.13. The van der Waals surface area contributed by atoms with Gasteiger partial charge in [-0.15, -0.1) is 0 Å². The van der Waals surface area contributed by atoms with E-state index in [9.17, 15) is 9.18 Å². The average molecular weight is 237 g/mol. The second-order valence-corrected chi connectivity index (χ2v) is 4.13. The van der Waals surface area contributed by atoms with Crippen LogP contribution in [0.3, 0.4) is 0 Å². The Kier molecular flexibility index (Phi) is 4.84. The number of nitrogens with zero attached hydrogens (tertiary/aromatic N) is 1. The molecule has 0 aliphatic heterocycles. The van der Waals surface area contributed by atoms with Crippen molar-refractivity contribution in [1.82, 2.24) is 4.90 Å². The molecule has 1 aromatic rings. The predicted octanol–water partition coefficient (Wildman–Crippen LogP) is 2.29. The van der Waals surface area contributed by atoms with Crippen molar-refractivity contribution in [2.75, 3.05) is 13.6 Å². The van der Waals surface area contributed by atoms with Crippen LogP contribution in [0.15, 0.2) is 35.9 Å². The number of carboxylic acid groups (broad SMARTS) is 1. The Morgan fingerprint density at radius 2 is 2.00 bits per heavy atom. The molecule has 4 heteroatoms. The number of benzene rings is 1. The first kappa shape index (κ1) is 13.4. The van der Waals surface area contributed by atoms with E-state index in [0.29, 0.717) is 13.1 Å². The van der Waals surface area contributed by atoms with Crippen molar-refractivity contribution in [1.29, 1.82) is 0 Å². The molecule has 0 aliphatic rings. The zero-order valence-electron chi connectivity index (χ0n) is 9.98. The molecule has 1 aromatic carbocycles. The smallest absolute Gasteiger partial charge is 0.328 e. The van der Waals surface area contributed by atoms with E-state index in [2.05, 4.69) is 0 Å². The number of carbonyl (C=O) groups is 1. The Bertz CT molecular complexity index is 412. The maximum atomic E-state index is 12.7. The summed E-state index contributed by atoms with van der Waals surface area (Å²) < 4.78 is 12.7. The SMILES string of the molecule is C/C(=C\C(=O)O)CN(C)Cc1ccc(F)cc1. The molecule has 17 heavy (non-hydrogen) atoms. The summed E-state index contributed by atoms with van der Waals surface area (Å²) in [5.41, 5.74) is 1.78. The van der Waals surface area contributed by atoms with E-state index in [-0.39, 0.29) is 5.82 Å². The normalized spacial score (nSPS) is 11.9. The van der Waals surface area contributed by atoms with E-state index >= 15 is 0 Å². The van der Waals surface area contributed by atoms with Crippen molar-refractivity contribution in [2.45, 2.75) is 13.5 Å². The summed E-state index contributed by atoms with van der Waals surface area (Å²) in [4.78, 5) is 12.4. The van der Waals surface area contributed by atoms with Crippen LogP contribution in [0.25, 0.3) is 0 Å². The molecule has 1 N–H and O–H groups in total. The first-order chi connectivity index (χ1) is 7.97. The molecular weight excluding hydrogens is 221 g/mol. The molecule has 0 aromatic heterocycles. The predicted molar refractivity (Wildman–Crippen MR) is 64.1 cm³/mol. The lowest BCUT2D eigenvalue weighted by atomic mass is 10.2. The molecule has 0 saturated heterocycles. The van der Waals surface area contributed by atoms with Crippen molar-refractivity contribution < 1.29 is 14.3 Å². The lowest BCUT2D eigenvalue weighted by Gasteiger charge is -2.16.